The topological polar surface area (TPSA) is 69.7 Å². The fraction of sp³-hybridized carbons (Fsp3) is 0.286. The Hall–Kier alpha value is -2.86. The molecule has 1 saturated heterocycles. The normalized spacial score (nSPS) is 16.2. The van der Waals surface area contributed by atoms with E-state index in [-0.39, 0.29) is 24.1 Å². The molecule has 0 aliphatic carbocycles. The summed E-state index contributed by atoms with van der Waals surface area (Å²) in [5.74, 6) is -1.06. The third-order valence-electron chi connectivity index (χ3n) is 4.72. The minimum atomic E-state index is -0.488. The summed E-state index contributed by atoms with van der Waals surface area (Å²) in [6.07, 6.45) is 0.133. The van der Waals surface area contributed by atoms with Crippen LogP contribution in [0.3, 0.4) is 0 Å². The number of hydrogen-bond donors (Lipinski definition) is 1. The van der Waals surface area contributed by atoms with Crippen molar-refractivity contribution in [3.8, 4) is 0 Å². The number of halogens is 1. The van der Waals surface area contributed by atoms with Crippen LogP contribution in [0.2, 0.25) is 5.02 Å². The molecule has 1 aliphatic rings. The molecule has 1 unspecified atom stereocenters. The maximum atomic E-state index is 12.7. The van der Waals surface area contributed by atoms with Crippen molar-refractivity contribution in [1.29, 1.82) is 0 Å². The Kier molecular flexibility index (Phi) is 5.70. The molecule has 3 rings (SSSR count). The largest absolute Gasteiger partial charge is 0.345 e. The minimum absolute atomic E-state index is 0.0911. The zero-order valence-corrected chi connectivity index (χ0v) is 16.8. The van der Waals surface area contributed by atoms with Gasteiger partial charge in [0.1, 0.15) is 0 Å². The number of nitrogens with one attached hydrogen (secondary N) is 1. The number of rotatable bonds is 4. The summed E-state index contributed by atoms with van der Waals surface area (Å²) < 4.78 is 0. The van der Waals surface area contributed by atoms with E-state index in [0.717, 1.165) is 11.3 Å². The predicted octanol–water partition coefficient (Wildman–Crippen LogP) is 3.34. The quantitative estimate of drug-likeness (QED) is 0.857. The summed E-state index contributed by atoms with van der Waals surface area (Å²) in [4.78, 5) is 40.3. The summed E-state index contributed by atoms with van der Waals surface area (Å²) in [5, 5.41) is 3.10. The molecule has 7 heteroatoms. The Morgan fingerprint density at radius 2 is 1.82 bits per heavy atom. The van der Waals surface area contributed by atoms with Gasteiger partial charge in [-0.15, -0.1) is 0 Å². The van der Waals surface area contributed by atoms with Crippen LogP contribution in [0.15, 0.2) is 42.5 Å². The lowest BCUT2D eigenvalue weighted by Crippen LogP contribution is -2.28. The number of amides is 3. The Balaban J connectivity index is 1.73. The van der Waals surface area contributed by atoms with Gasteiger partial charge in [-0.1, -0.05) is 29.3 Å². The number of nitrogens with zero attached hydrogens (tertiary/aromatic N) is 2. The average molecular weight is 400 g/mol. The maximum absolute atomic E-state index is 12.7. The molecule has 0 aromatic heterocycles. The van der Waals surface area contributed by atoms with Gasteiger partial charge in [0.2, 0.25) is 11.8 Å². The molecular formula is C21H22ClN3O3. The molecule has 3 amide bonds. The molecule has 1 atom stereocenters. The molecule has 1 N–H and O–H groups in total. The lowest BCUT2D eigenvalue weighted by molar-refractivity contribution is -0.122. The van der Waals surface area contributed by atoms with Crippen LogP contribution in [0.1, 0.15) is 22.3 Å². The van der Waals surface area contributed by atoms with E-state index in [2.05, 4.69) is 5.32 Å². The zero-order chi connectivity index (χ0) is 20.4. The van der Waals surface area contributed by atoms with Crippen LogP contribution in [-0.4, -0.2) is 43.3 Å². The molecule has 0 radical (unpaired) electrons. The Morgan fingerprint density at radius 3 is 2.46 bits per heavy atom. The second-order valence-electron chi connectivity index (χ2n) is 7.12. The number of hydrogen-bond acceptors (Lipinski definition) is 3. The van der Waals surface area contributed by atoms with Gasteiger partial charge in [0, 0.05) is 38.3 Å². The molecule has 146 valence electrons. The van der Waals surface area contributed by atoms with Crippen molar-refractivity contribution in [3.63, 3.8) is 0 Å². The molecule has 2 aromatic rings. The summed E-state index contributed by atoms with van der Waals surface area (Å²) in [6.45, 7) is 2.28. The first-order valence-electron chi connectivity index (χ1n) is 8.95. The second-order valence-corrected chi connectivity index (χ2v) is 7.53. The minimum Gasteiger partial charge on any atom is -0.345 e. The fourth-order valence-corrected chi connectivity index (χ4v) is 3.27. The Morgan fingerprint density at radius 1 is 1.14 bits per heavy atom. The highest BCUT2D eigenvalue weighted by atomic mass is 35.5. The molecule has 0 bridgehead atoms. The third-order valence-corrected chi connectivity index (χ3v) is 5.05. The van der Waals surface area contributed by atoms with Gasteiger partial charge in [-0.2, -0.15) is 0 Å². The highest BCUT2D eigenvalue weighted by molar-refractivity contribution is 6.34. The Bertz CT molecular complexity index is 925. The highest BCUT2D eigenvalue weighted by Crippen LogP contribution is 2.28. The van der Waals surface area contributed by atoms with Gasteiger partial charge >= 0.3 is 0 Å². The number of aryl methyl sites for hydroxylation is 1. The van der Waals surface area contributed by atoms with E-state index in [1.807, 2.05) is 31.2 Å². The van der Waals surface area contributed by atoms with Crippen molar-refractivity contribution < 1.29 is 14.4 Å². The molecule has 1 aliphatic heterocycles. The van der Waals surface area contributed by atoms with Crippen molar-refractivity contribution in [3.05, 3.63) is 58.6 Å². The van der Waals surface area contributed by atoms with E-state index in [4.69, 9.17) is 11.6 Å². The van der Waals surface area contributed by atoms with E-state index in [0.29, 0.717) is 22.8 Å². The van der Waals surface area contributed by atoms with Crippen LogP contribution >= 0.6 is 11.6 Å². The summed E-state index contributed by atoms with van der Waals surface area (Å²) in [7, 11) is 3.30. The number of carbonyl (C=O) groups excluding carboxylic acids is 3. The zero-order valence-electron chi connectivity index (χ0n) is 16.0. The second kappa shape index (κ2) is 8.02. The van der Waals surface area contributed by atoms with Crippen LogP contribution in [-0.2, 0) is 9.59 Å². The van der Waals surface area contributed by atoms with E-state index < -0.39 is 5.92 Å². The lowest BCUT2D eigenvalue weighted by Gasteiger charge is -2.17. The van der Waals surface area contributed by atoms with E-state index in [9.17, 15) is 14.4 Å². The molecule has 2 aromatic carbocycles. The monoisotopic (exact) mass is 399 g/mol. The van der Waals surface area contributed by atoms with Gasteiger partial charge in [0.25, 0.3) is 5.91 Å². The van der Waals surface area contributed by atoms with Gasteiger partial charge in [-0.25, -0.2) is 0 Å². The molecule has 6 nitrogen and oxygen atoms in total. The molecule has 1 heterocycles. The van der Waals surface area contributed by atoms with Crippen LogP contribution in [0.5, 0.6) is 0 Å². The van der Waals surface area contributed by atoms with Crippen molar-refractivity contribution in [2.75, 3.05) is 30.9 Å². The van der Waals surface area contributed by atoms with Gasteiger partial charge in [-0.05, 0) is 37.3 Å². The molecular weight excluding hydrogens is 378 g/mol. The standard InChI is InChI=1S/C21H22ClN3O3/c1-13-4-7-16(8-5-13)25-12-15(11-19(25)26)20(27)23-18-10-14(6-9-17(18)22)21(28)24(2)3/h4-10,15H,11-12H2,1-3H3,(H,23,27). The highest BCUT2D eigenvalue weighted by Gasteiger charge is 2.35. The van der Waals surface area contributed by atoms with Gasteiger partial charge in [0.15, 0.2) is 0 Å². The van der Waals surface area contributed by atoms with Gasteiger partial charge in [-0.3, -0.25) is 14.4 Å². The van der Waals surface area contributed by atoms with Gasteiger partial charge in [0.05, 0.1) is 16.6 Å². The first-order valence-corrected chi connectivity index (χ1v) is 9.33. The number of benzene rings is 2. The summed E-state index contributed by atoms with van der Waals surface area (Å²) in [5.41, 5.74) is 2.67. The molecule has 28 heavy (non-hydrogen) atoms. The number of anilines is 2. The van der Waals surface area contributed by atoms with Crippen molar-refractivity contribution in [2.45, 2.75) is 13.3 Å². The van der Waals surface area contributed by atoms with E-state index in [1.165, 1.54) is 4.90 Å². The van der Waals surface area contributed by atoms with Crippen molar-refractivity contribution >= 4 is 40.7 Å². The molecule has 1 fully saturated rings. The van der Waals surface area contributed by atoms with Crippen LogP contribution in [0.25, 0.3) is 0 Å². The maximum Gasteiger partial charge on any atom is 0.253 e. The van der Waals surface area contributed by atoms with Crippen LogP contribution in [0, 0.1) is 12.8 Å². The number of carbonyl (C=O) groups is 3. The fourth-order valence-electron chi connectivity index (χ4n) is 3.10. The summed E-state index contributed by atoms with van der Waals surface area (Å²) in [6, 6.07) is 12.4. The lowest BCUT2D eigenvalue weighted by atomic mass is 10.1. The van der Waals surface area contributed by atoms with Crippen LogP contribution < -0.4 is 10.2 Å². The smallest absolute Gasteiger partial charge is 0.253 e. The first-order chi connectivity index (χ1) is 13.3. The van der Waals surface area contributed by atoms with E-state index in [1.54, 1.807) is 37.2 Å². The SMILES string of the molecule is Cc1ccc(N2CC(C(=O)Nc3cc(C(=O)N(C)C)ccc3Cl)CC2=O)cc1. The predicted molar refractivity (Wildman–Crippen MR) is 110 cm³/mol. The Labute approximate surface area is 169 Å². The average Bonchev–Trinajstić information content (AvgIpc) is 3.05. The molecule has 0 spiro atoms. The van der Waals surface area contributed by atoms with Crippen LogP contribution in [0.4, 0.5) is 11.4 Å². The summed E-state index contributed by atoms with van der Waals surface area (Å²) >= 11 is 6.18. The van der Waals surface area contributed by atoms with Gasteiger partial charge < -0.3 is 15.1 Å². The third kappa shape index (κ3) is 4.17. The van der Waals surface area contributed by atoms with Crippen molar-refractivity contribution in [1.82, 2.24) is 4.90 Å². The molecule has 0 saturated carbocycles. The van der Waals surface area contributed by atoms with Crippen molar-refractivity contribution in [2.24, 2.45) is 5.92 Å². The first kappa shape index (κ1) is 19.9. The van der Waals surface area contributed by atoms with E-state index >= 15 is 0 Å².